The summed E-state index contributed by atoms with van der Waals surface area (Å²) in [7, 11) is 1.69. The molecule has 0 aliphatic carbocycles. The number of hydrogen-bond donors (Lipinski definition) is 2. The van der Waals surface area contributed by atoms with E-state index in [1.165, 1.54) is 4.90 Å². The Morgan fingerprint density at radius 1 is 0.947 bits per heavy atom. The third-order valence-corrected chi connectivity index (χ3v) is 2.90. The molecule has 2 aromatic rings. The molecule has 0 heterocycles. The molecule has 4 heteroatoms. The Balaban J connectivity index is 2.07. The lowest BCUT2D eigenvalue weighted by Gasteiger charge is -2.17. The van der Waals surface area contributed by atoms with Gasteiger partial charge in [-0.25, -0.2) is 0 Å². The van der Waals surface area contributed by atoms with Crippen LogP contribution in [0.15, 0.2) is 48.5 Å². The maximum atomic E-state index is 12.1. The molecule has 0 unspecified atom stereocenters. The van der Waals surface area contributed by atoms with Crippen LogP contribution in [0.2, 0.25) is 0 Å². The van der Waals surface area contributed by atoms with Crippen molar-refractivity contribution in [2.45, 2.75) is 6.42 Å². The molecule has 19 heavy (non-hydrogen) atoms. The van der Waals surface area contributed by atoms with Gasteiger partial charge in [0.25, 0.3) is 0 Å². The van der Waals surface area contributed by atoms with Crippen molar-refractivity contribution in [2.75, 3.05) is 11.9 Å². The minimum absolute atomic E-state index is 0.0589. The highest BCUT2D eigenvalue weighted by Gasteiger charge is 2.11. The minimum Gasteiger partial charge on any atom is -0.508 e. The average molecular weight is 257 g/mol. The Morgan fingerprint density at radius 2 is 1.42 bits per heavy atom. The number of rotatable bonds is 3. The van der Waals surface area contributed by atoms with Crippen molar-refractivity contribution in [2.24, 2.45) is 0 Å². The van der Waals surface area contributed by atoms with Gasteiger partial charge in [0.15, 0.2) is 0 Å². The Kier molecular flexibility index (Phi) is 3.71. The standard InChI is InChI=1S/C15H15NO3/c1-16(12-4-8-14(18)9-5-12)15(19)10-11-2-6-13(17)7-3-11/h2-9,17-18H,10H2,1H3. The quantitative estimate of drug-likeness (QED) is 0.887. The van der Waals surface area contributed by atoms with Crippen LogP contribution in [0, 0.1) is 0 Å². The molecule has 2 N–H and O–H groups in total. The highest BCUT2D eigenvalue weighted by molar-refractivity contribution is 5.94. The predicted octanol–water partition coefficient (Wildman–Crippen LogP) is 2.30. The number of carbonyl (C=O) groups excluding carboxylic acids is 1. The van der Waals surface area contributed by atoms with Crippen LogP contribution >= 0.6 is 0 Å². The second-order valence-electron chi connectivity index (χ2n) is 4.31. The molecule has 0 radical (unpaired) electrons. The molecular weight excluding hydrogens is 242 g/mol. The van der Waals surface area contributed by atoms with Gasteiger partial charge in [0.1, 0.15) is 11.5 Å². The van der Waals surface area contributed by atoms with Gasteiger partial charge in [0, 0.05) is 12.7 Å². The fourth-order valence-electron chi connectivity index (χ4n) is 1.73. The van der Waals surface area contributed by atoms with Gasteiger partial charge >= 0.3 is 0 Å². The van der Waals surface area contributed by atoms with Crippen molar-refractivity contribution in [3.05, 3.63) is 54.1 Å². The van der Waals surface area contributed by atoms with Gasteiger partial charge in [-0.05, 0) is 42.0 Å². The van der Waals surface area contributed by atoms with Crippen molar-refractivity contribution in [1.29, 1.82) is 0 Å². The normalized spacial score (nSPS) is 10.2. The molecule has 0 saturated carbocycles. The van der Waals surface area contributed by atoms with Crippen molar-refractivity contribution >= 4 is 11.6 Å². The number of likely N-dealkylation sites (N-methyl/N-ethyl adjacent to an activating group) is 1. The van der Waals surface area contributed by atoms with Gasteiger partial charge in [-0.1, -0.05) is 12.1 Å². The lowest BCUT2D eigenvalue weighted by molar-refractivity contribution is -0.117. The minimum atomic E-state index is -0.0589. The molecule has 0 aromatic heterocycles. The molecule has 2 rings (SSSR count). The molecule has 0 saturated heterocycles. The van der Waals surface area contributed by atoms with Gasteiger partial charge in [-0.2, -0.15) is 0 Å². The van der Waals surface area contributed by atoms with E-state index in [0.29, 0.717) is 0 Å². The summed E-state index contributed by atoms with van der Waals surface area (Å²) < 4.78 is 0. The first kappa shape index (κ1) is 13.0. The Bertz CT molecular complexity index is 561. The Hall–Kier alpha value is -2.49. The van der Waals surface area contributed by atoms with Crippen LogP contribution in [0.4, 0.5) is 5.69 Å². The number of anilines is 1. The van der Waals surface area contributed by atoms with Gasteiger partial charge in [-0.3, -0.25) is 4.79 Å². The van der Waals surface area contributed by atoms with Gasteiger partial charge in [0.05, 0.1) is 6.42 Å². The van der Waals surface area contributed by atoms with Crippen LogP contribution < -0.4 is 4.90 Å². The van der Waals surface area contributed by atoms with Crippen molar-refractivity contribution < 1.29 is 15.0 Å². The summed E-state index contributed by atoms with van der Waals surface area (Å²) in [6.07, 6.45) is 0.262. The zero-order valence-corrected chi connectivity index (χ0v) is 10.6. The molecule has 1 amide bonds. The van der Waals surface area contributed by atoms with Crippen molar-refractivity contribution in [3.8, 4) is 11.5 Å². The molecule has 0 aliphatic rings. The lowest BCUT2D eigenvalue weighted by atomic mass is 10.1. The monoisotopic (exact) mass is 257 g/mol. The fraction of sp³-hybridized carbons (Fsp3) is 0.133. The predicted molar refractivity (Wildman–Crippen MR) is 73.3 cm³/mol. The highest BCUT2D eigenvalue weighted by Crippen LogP contribution is 2.18. The maximum absolute atomic E-state index is 12.1. The zero-order valence-electron chi connectivity index (χ0n) is 10.6. The van der Waals surface area contributed by atoms with E-state index >= 15 is 0 Å². The molecule has 0 aliphatic heterocycles. The summed E-state index contributed by atoms with van der Waals surface area (Å²) in [4.78, 5) is 13.6. The molecule has 0 spiro atoms. The van der Waals surface area contributed by atoms with E-state index in [1.54, 1.807) is 55.6 Å². The van der Waals surface area contributed by atoms with E-state index in [1.807, 2.05) is 0 Å². The SMILES string of the molecule is CN(C(=O)Cc1ccc(O)cc1)c1ccc(O)cc1. The zero-order chi connectivity index (χ0) is 13.8. The third-order valence-electron chi connectivity index (χ3n) is 2.90. The number of benzene rings is 2. The van der Waals surface area contributed by atoms with E-state index in [-0.39, 0.29) is 23.8 Å². The number of carbonyl (C=O) groups is 1. The first-order valence-corrected chi connectivity index (χ1v) is 5.90. The van der Waals surface area contributed by atoms with Crippen molar-refractivity contribution in [3.63, 3.8) is 0 Å². The van der Waals surface area contributed by atoms with Gasteiger partial charge in [0.2, 0.25) is 5.91 Å². The number of amides is 1. The van der Waals surface area contributed by atoms with Gasteiger partial charge < -0.3 is 15.1 Å². The average Bonchev–Trinajstić information content (AvgIpc) is 2.41. The molecule has 98 valence electrons. The largest absolute Gasteiger partial charge is 0.508 e. The van der Waals surface area contributed by atoms with Crippen LogP contribution in [0.5, 0.6) is 11.5 Å². The molecular formula is C15H15NO3. The van der Waals surface area contributed by atoms with E-state index in [4.69, 9.17) is 0 Å². The van der Waals surface area contributed by atoms with Gasteiger partial charge in [-0.15, -0.1) is 0 Å². The van der Waals surface area contributed by atoms with Crippen LogP contribution in [0.25, 0.3) is 0 Å². The molecule has 2 aromatic carbocycles. The molecule has 4 nitrogen and oxygen atoms in total. The second-order valence-corrected chi connectivity index (χ2v) is 4.31. The van der Waals surface area contributed by atoms with E-state index < -0.39 is 0 Å². The first-order valence-electron chi connectivity index (χ1n) is 5.90. The lowest BCUT2D eigenvalue weighted by Crippen LogP contribution is -2.27. The number of phenolic OH excluding ortho intramolecular Hbond substituents is 2. The summed E-state index contributed by atoms with van der Waals surface area (Å²) in [5, 5.41) is 18.4. The van der Waals surface area contributed by atoms with E-state index in [2.05, 4.69) is 0 Å². The topological polar surface area (TPSA) is 60.8 Å². The molecule has 0 atom stereocenters. The second kappa shape index (κ2) is 5.44. The fourth-order valence-corrected chi connectivity index (χ4v) is 1.73. The van der Waals surface area contributed by atoms with E-state index in [0.717, 1.165) is 11.3 Å². The first-order chi connectivity index (χ1) is 9.06. The molecule has 0 bridgehead atoms. The van der Waals surface area contributed by atoms with Crippen molar-refractivity contribution in [1.82, 2.24) is 0 Å². The number of hydrogen-bond acceptors (Lipinski definition) is 3. The maximum Gasteiger partial charge on any atom is 0.231 e. The van der Waals surface area contributed by atoms with Crippen LogP contribution in [0.3, 0.4) is 0 Å². The number of phenols is 2. The van der Waals surface area contributed by atoms with Crippen LogP contribution in [-0.4, -0.2) is 23.2 Å². The molecule has 0 fully saturated rings. The summed E-state index contributed by atoms with van der Waals surface area (Å²) in [5.41, 5.74) is 1.56. The number of aromatic hydroxyl groups is 2. The third kappa shape index (κ3) is 3.25. The van der Waals surface area contributed by atoms with Crippen LogP contribution in [-0.2, 0) is 11.2 Å². The summed E-state index contributed by atoms with van der Waals surface area (Å²) >= 11 is 0. The smallest absolute Gasteiger partial charge is 0.231 e. The highest BCUT2D eigenvalue weighted by atomic mass is 16.3. The summed E-state index contributed by atoms with van der Waals surface area (Å²) in [6.45, 7) is 0. The van der Waals surface area contributed by atoms with E-state index in [9.17, 15) is 15.0 Å². The number of nitrogens with zero attached hydrogens (tertiary/aromatic N) is 1. The van der Waals surface area contributed by atoms with Crippen LogP contribution in [0.1, 0.15) is 5.56 Å². The summed E-state index contributed by atoms with van der Waals surface area (Å²) in [6, 6.07) is 13.0. The Labute approximate surface area is 111 Å². The Morgan fingerprint density at radius 3 is 1.95 bits per heavy atom. The summed E-state index contributed by atoms with van der Waals surface area (Å²) in [5.74, 6) is 0.294.